The highest BCUT2D eigenvalue weighted by Gasteiger charge is 2.06. The van der Waals surface area contributed by atoms with Crippen LogP contribution in [0.3, 0.4) is 0 Å². The van der Waals surface area contributed by atoms with Crippen LogP contribution in [0.25, 0.3) is 0 Å². The number of nitrogens with two attached hydrogens (primary N) is 1. The van der Waals surface area contributed by atoms with Crippen molar-refractivity contribution < 1.29 is 17.2 Å². The van der Waals surface area contributed by atoms with Crippen LogP contribution in [0.2, 0.25) is 0 Å². The number of hydrogen-bond acceptors (Lipinski definition) is 2. The van der Waals surface area contributed by atoms with Crippen LogP contribution in [0.15, 0.2) is 18.2 Å². The first kappa shape index (κ1) is 11.0. The summed E-state index contributed by atoms with van der Waals surface area (Å²) in [7, 11) is -3.86. The summed E-state index contributed by atoms with van der Waals surface area (Å²) in [4.78, 5) is 0. The minimum Gasteiger partial charge on any atom is -0.216 e. The van der Waals surface area contributed by atoms with Crippen LogP contribution < -0.4 is 9.86 Å². The lowest BCUT2D eigenvalue weighted by Crippen LogP contribution is -2.30. The number of benzene rings is 1. The Morgan fingerprint density at radius 2 is 2.00 bits per heavy atom. The van der Waals surface area contributed by atoms with Gasteiger partial charge < -0.3 is 0 Å². The fourth-order valence-electron chi connectivity index (χ4n) is 0.843. The number of nitrogens with one attached hydrogen (secondary N) is 1. The highest BCUT2D eigenvalue weighted by molar-refractivity contribution is 7.87. The van der Waals surface area contributed by atoms with Gasteiger partial charge in [-0.2, -0.15) is 13.1 Å². The van der Waals surface area contributed by atoms with Gasteiger partial charge in [0.15, 0.2) is 0 Å². The van der Waals surface area contributed by atoms with Crippen LogP contribution in [0, 0.1) is 11.6 Å². The van der Waals surface area contributed by atoms with Crippen molar-refractivity contribution >= 4 is 10.2 Å². The zero-order valence-corrected chi connectivity index (χ0v) is 7.81. The van der Waals surface area contributed by atoms with Crippen molar-refractivity contribution in [2.45, 2.75) is 6.54 Å². The Morgan fingerprint density at radius 3 is 2.50 bits per heavy atom. The van der Waals surface area contributed by atoms with E-state index in [4.69, 9.17) is 0 Å². The molecule has 0 saturated heterocycles. The SMILES string of the molecule is NS(=O)(=O)NCc1ccc(F)cc1F. The topological polar surface area (TPSA) is 72.2 Å². The largest absolute Gasteiger partial charge is 0.274 e. The summed E-state index contributed by atoms with van der Waals surface area (Å²) in [6.45, 7) is -0.301. The van der Waals surface area contributed by atoms with Crippen molar-refractivity contribution in [1.29, 1.82) is 0 Å². The van der Waals surface area contributed by atoms with Crippen molar-refractivity contribution in [2.75, 3.05) is 0 Å². The third-order valence-corrected chi connectivity index (χ3v) is 2.03. The van der Waals surface area contributed by atoms with E-state index in [0.717, 1.165) is 12.1 Å². The minimum atomic E-state index is -3.86. The van der Waals surface area contributed by atoms with Gasteiger partial charge in [-0.15, -0.1) is 0 Å². The average molecular weight is 222 g/mol. The van der Waals surface area contributed by atoms with Crippen LogP contribution in [0.5, 0.6) is 0 Å². The Hall–Kier alpha value is -1.05. The molecule has 0 unspecified atom stereocenters. The van der Waals surface area contributed by atoms with E-state index in [1.165, 1.54) is 0 Å². The summed E-state index contributed by atoms with van der Waals surface area (Å²) in [5.74, 6) is -1.54. The van der Waals surface area contributed by atoms with E-state index in [1.54, 1.807) is 0 Å². The molecule has 0 amide bonds. The van der Waals surface area contributed by atoms with Crippen LogP contribution in [0.1, 0.15) is 5.56 Å². The monoisotopic (exact) mass is 222 g/mol. The maximum Gasteiger partial charge on any atom is 0.274 e. The van der Waals surface area contributed by atoms with Gasteiger partial charge in [-0.1, -0.05) is 6.07 Å². The lowest BCUT2D eigenvalue weighted by Gasteiger charge is -2.03. The molecule has 0 spiro atoms. The van der Waals surface area contributed by atoms with Crippen molar-refractivity contribution in [3.8, 4) is 0 Å². The van der Waals surface area contributed by atoms with Crippen molar-refractivity contribution in [3.63, 3.8) is 0 Å². The Morgan fingerprint density at radius 1 is 1.36 bits per heavy atom. The molecule has 0 aliphatic carbocycles. The van der Waals surface area contributed by atoms with E-state index in [2.05, 4.69) is 5.14 Å². The molecule has 0 aliphatic rings. The third kappa shape index (κ3) is 3.36. The highest BCUT2D eigenvalue weighted by atomic mass is 32.2. The molecule has 0 aliphatic heterocycles. The zero-order chi connectivity index (χ0) is 10.8. The van der Waals surface area contributed by atoms with Crippen LogP contribution >= 0.6 is 0 Å². The Kier molecular flexibility index (Phi) is 3.14. The molecule has 7 heteroatoms. The maximum absolute atomic E-state index is 12.9. The smallest absolute Gasteiger partial charge is 0.216 e. The highest BCUT2D eigenvalue weighted by Crippen LogP contribution is 2.08. The fourth-order valence-corrected chi connectivity index (χ4v) is 1.20. The van der Waals surface area contributed by atoms with E-state index in [1.807, 2.05) is 4.72 Å². The lowest BCUT2D eigenvalue weighted by molar-refractivity contribution is 0.563. The molecule has 4 nitrogen and oxygen atoms in total. The predicted octanol–water partition coefficient (Wildman–Crippen LogP) is 0.258. The van der Waals surface area contributed by atoms with Gasteiger partial charge in [-0.05, 0) is 6.07 Å². The Bertz CT molecular complexity index is 433. The van der Waals surface area contributed by atoms with Crippen LogP contribution in [0.4, 0.5) is 8.78 Å². The summed E-state index contributed by atoms with van der Waals surface area (Å²) < 4.78 is 48.1. The molecule has 3 N–H and O–H groups in total. The van der Waals surface area contributed by atoms with Crippen molar-refractivity contribution in [3.05, 3.63) is 35.4 Å². The van der Waals surface area contributed by atoms with Gasteiger partial charge in [0, 0.05) is 18.2 Å². The normalized spacial score (nSPS) is 11.6. The van der Waals surface area contributed by atoms with Gasteiger partial charge in [0.1, 0.15) is 11.6 Å². The third-order valence-electron chi connectivity index (χ3n) is 1.48. The summed E-state index contributed by atoms with van der Waals surface area (Å²) in [5, 5.41) is 4.63. The van der Waals surface area contributed by atoms with E-state index in [9.17, 15) is 17.2 Å². The molecule has 78 valence electrons. The quantitative estimate of drug-likeness (QED) is 0.769. The second-order valence-electron chi connectivity index (χ2n) is 2.60. The Labute approximate surface area is 79.9 Å². The molecule has 0 bridgehead atoms. The number of halogens is 2. The van der Waals surface area contributed by atoms with Gasteiger partial charge in [0.25, 0.3) is 10.2 Å². The standard InChI is InChI=1S/C7H8F2N2O2S/c8-6-2-1-5(7(9)3-6)4-11-14(10,12)13/h1-3,11H,4H2,(H2,10,12,13). The first-order chi connectivity index (χ1) is 6.38. The summed E-state index contributed by atoms with van der Waals surface area (Å²) in [5.41, 5.74) is 0.0282. The molecule has 0 radical (unpaired) electrons. The molecule has 0 heterocycles. The predicted molar refractivity (Wildman–Crippen MR) is 46.3 cm³/mol. The first-order valence-corrected chi connectivity index (χ1v) is 5.14. The second kappa shape index (κ2) is 3.99. The summed E-state index contributed by atoms with van der Waals surface area (Å²) in [6.07, 6.45) is 0. The van der Waals surface area contributed by atoms with E-state index >= 15 is 0 Å². The summed E-state index contributed by atoms with van der Waals surface area (Å²) in [6, 6.07) is 2.84. The molecule has 1 aromatic rings. The lowest BCUT2D eigenvalue weighted by atomic mass is 10.2. The van der Waals surface area contributed by atoms with Gasteiger partial charge in [0.05, 0.1) is 0 Å². The second-order valence-corrected chi connectivity index (χ2v) is 3.98. The molecule has 0 aromatic heterocycles. The molecule has 0 fully saturated rings. The minimum absolute atomic E-state index is 0.0282. The molecular formula is C7H8F2N2O2S. The van der Waals surface area contributed by atoms with Gasteiger partial charge in [-0.25, -0.2) is 13.9 Å². The van der Waals surface area contributed by atoms with Gasteiger partial charge >= 0.3 is 0 Å². The maximum atomic E-state index is 12.9. The van der Waals surface area contributed by atoms with Crippen LogP contribution in [-0.2, 0) is 16.8 Å². The average Bonchev–Trinajstić information content (AvgIpc) is 2.00. The first-order valence-electron chi connectivity index (χ1n) is 3.60. The van der Waals surface area contributed by atoms with E-state index < -0.39 is 21.8 Å². The Balaban J connectivity index is 2.78. The molecule has 1 rings (SSSR count). The van der Waals surface area contributed by atoms with Crippen molar-refractivity contribution in [1.82, 2.24) is 4.72 Å². The number of hydrogen-bond donors (Lipinski definition) is 2. The molecule has 0 saturated carbocycles. The molecule has 1 aromatic carbocycles. The van der Waals surface area contributed by atoms with Gasteiger partial charge in [-0.3, -0.25) is 0 Å². The molecule has 14 heavy (non-hydrogen) atoms. The summed E-state index contributed by atoms with van der Waals surface area (Å²) >= 11 is 0. The fraction of sp³-hybridized carbons (Fsp3) is 0.143. The van der Waals surface area contributed by atoms with E-state index in [-0.39, 0.29) is 12.1 Å². The van der Waals surface area contributed by atoms with Crippen LogP contribution in [-0.4, -0.2) is 8.42 Å². The number of rotatable bonds is 3. The zero-order valence-electron chi connectivity index (χ0n) is 7.00. The molecular weight excluding hydrogens is 214 g/mol. The molecule has 0 atom stereocenters. The van der Waals surface area contributed by atoms with Gasteiger partial charge in [0.2, 0.25) is 0 Å². The van der Waals surface area contributed by atoms with Crippen molar-refractivity contribution in [2.24, 2.45) is 5.14 Å². The van der Waals surface area contributed by atoms with E-state index in [0.29, 0.717) is 6.07 Å².